The Bertz CT molecular complexity index is 631. The molecule has 1 aromatic carbocycles. The summed E-state index contributed by atoms with van der Waals surface area (Å²) in [4.78, 5) is 15.2. The van der Waals surface area contributed by atoms with Crippen LogP contribution in [0.3, 0.4) is 0 Å². The highest BCUT2D eigenvalue weighted by atomic mass is 35.5. The van der Waals surface area contributed by atoms with Gasteiger partial charge in [0.25, 0.3) is 0 Å². The predicted octanol–water partition coefficient (Wildman–Crippen LogP) is 4.36. The number of benzene rings is 1. The molecule has 0 aliphatic carbocycles. The van der Waals surface area contributed by atoms with Crippen LogP contribution in [0.2, 0.25) is 10.0 Å². The van der Waals surface area contributed by atoms with Crippen LogP contribution >= 0.6 is 34.5 Å². The lowest BCUT2D eigenvalue weighted by atomic mass is 10.2. The molecule has 22 heavy (non-hydrogen) atoms. The number of likely N-dealkylation sites (N-methyl/N-ethyl adjacent to an activating group) is 1. The van der Waals surface area contributed by atoms with Gasteiger partial charge in [-0.25, -0.2) is 0 Å². The minimum Gasteiger partial charge on any atom is -0.348 e. The van der Waals surface area contributed by atoms with Crippen molar-refractivity contribution in [3.05, 3.63) is 56.2 Å². The van der Waals surface area contributed by atoms with Crippen molar-refractivity contribution >= 4 is 40.4 Å². The van der Waals surface area contributed by atoms with Gasteiger partial charge in [-0.15, -0.1) is 11.3 Å². The van der Waals surface area contributed by atoms with Crippen molar-refractivity contribution in [3.8, 4) is 0 Å². The van der Waals surface area contributed by atoms with E-state index in [1.807, 2.05) is 48.5 Å². The van der Waals surface area contributed by atoms with E-state index in [2.05, 4.69) is 5.32 Å². The summed E-state index contributed by atoms with van der Waals surface area (Å²) in [5, 5.41) is 6.08. The van der Waals surface area contributed by atoms with Gasteiger partial charge in [0.2, 0.25) is 5.91 Å². The highest BCUT2D eigenvalue weighted by Crippen LogP contribution is 2.26. The van der Waals surface area contributed by atoms with E-state index < -0.39 is 0 Å². The molecule has 0 aliphatic heterocycles. The number of carbonyl (C=O) groups excluding carboxylic acids is 1. The SMILES string of the molecule is CC(NC(=O)CN(C)Cc1cccc(Cl)c1Cl)c1cccs1. The highest BCUT2D eigenvalue weighted by molar-refractivity contribution is 7.10. The lowest BCUT2D eigenvalue weighted by Gasteiger charge is -2.19. The van der Waals surface area contributed by atoms with Gasteiger partial charge in [-0.05, 0) is 37.0 Å². The number of amides is 1. The number of thiophene rings is 1. The van der Waals surface area contributed by atoms with Crippen molar-refractivity contribution < 1.29 is 4.79 Å². The third-order valence-electron chi connectivity index (χ3n) is 3.23. The summed E-state index contributed by atoms with van der Waals surface area (Å²) in [6, 6.07) is 9.55. The fourth-order valence-corrected chi connectivity index (χ4v) is 3.27. The zero-order valence-electron chi connectivity index (χ0n) is 12.5. The second kappa shape index (κ2) is 7.97. The topological polar surface area (TPSA) is 32.3 Å². The van der Waals surface area contributed by atoms with Crippen molar-refractivity contribution in [1.82, 2.24) is 10.2 Å². The van der Waals surface area contributed by atoms with Gasteiger partial charge in [0.05, 0.1) is 22.6 Å². The molecule has 1 unspecified atom stereocenters. The zero-order valence-corrected chi connectivity index (χ0v) is 14.8. The molecule has 0 aliphatic rings. The van der Waals surface area contributed by atoms with Crippen LogP contribution < -0.4 is 5.32 Å². The highest BCUT2D eigenvalue weighted by Gasteiger charge is 2.13. The van der Waals surface area contributed by atoms with Crippen LogP contribution in [0, 0.1) is 0 Å². The maximum absolute atomic E-state index is 12.1. The standard InChI is InChI=1S/C16H18Cl2N2OS/c1-11(14-7-4-8-22-14)19-15(21)10-20(2)9-12-5-3-6-13(17)16(12)18/h3-8,11H,9-10H2,1-2H3,(H,19,21). The van der Waals surface area contributed by atoms with Gasteiger partial charge in [-0.1, -0.05) is 41.4 Å². The number of hydrogen-bond donors (Lipinski definition) is 1. The number of rotatable bonds is 6. The first kappa shape index (κ1) is 17.3. The zero-order chi connectivity index (χ0) is 16.1. The lowest BCUT2D eigenvalue weighted by molar-refractivity contribution is -0.122. The average molecular weight is 357 g/mol. The van der Waals surface area contributed by atoms with Crippen molar-refractivity contribution in [2.45, 2.75) is 19.5 Å². The Morgan fingerprint density at radius 2 is 2.09 bits per heavy atom. The summed E-state index contributed by atoms with van der Waals surface area (Å²) in [6.45, 7) is 2.86. The van der Waals surface area contributed by atoms with Crippen LogP contribution in [0.15, 0.2) is 35.7 Å². The Morgan fingerprint density at radius 1 is 1.32 bits per heavy atom. The fourth-order valence-electron chi connectivity index (χ4n) is 2.16. The normalized spacial score (nSPS) is 12.4. The third kappa shape index (κ3) is 4.71. The second-order valence-corrected chi connectivity index (χ2v) is 6.95. The van der Waals surface area contributed by atoms with Gasteiger partial charge in [-0.2, -0.15) is 0 Å². The van der Waals surface area contributed by atoms with Gasteiger partial charge in [0, 0.05) is 11.4 Å². The quantitative estimate of drug-likeness (QED) is 0.833. The molecular formula is C16H18Cl2N2OS. The predicted molar refractivity (Wildman–Crippen MR) is 93.7 cm³/mol. The molecule has 2 aromatic rings. The first-order valence-electron chi connectivity index (χ1n) is 6.91. The van der Waals surface area contributed by atoms with Crippen LogP contribution in [-0.2, 0) is 11.3 Å². The molecule has 0 saturated carbocycles. The van der Waals surface area contributed by atoms with Crippen molar-refractivity contribution in [2.24, 2.45) is 0 Å². The molecule has 0 spiro atoms. The van der Waals surface area contributed by atoms with E-state index in [0.29, 0.717) is 23.1 Å². The molecule has 0 fully saturated rings. The van der Waals surface area contributed by atoms with Crippen molar-refractivity contribution in [1.29, 1.82) is 0 Å². The Balaban J connectivity index is 1.87. The van der Waals surface area contributed by atoms with Gasteiger partial charge in [0.1, 0.15) is 0 Å². The smallest absolute Gasteiger partial charge is 0.234 e. The van der Waals surface area contributed by atoms with Crippen molar-refractivity contribution in [3.63, 3.8) is 0 Å². The largest absolute Gasteiger partial charge is 0.348 e. The Morgan fingerprint density at radius 3 is 2.77 bits per heavy atom. The van der Waals surface area contributed by atoms with E-state index in [1.165, 1.54) is 0 Å². The molecule has 1 aromatic heterocycles. The van der Waals surface area contributed by atoms with E-state index in [0.717, 1.165) is 10.4 Å². The molecule has 118 valence electrons. The number of nitrogens with one attached hydrogen (secondary N) is 1. The monoisotopic (exact) mass is 356 g/mol. The van der Waals surface area contributed by atoms with Gasteiger partial charge in [0.15, 0.2) is 0 Å². The van der Waals surface area contributed by atoms with Gasteiger partial charge < -0.3 is 5.32 Å². The average Bonchev–Trinajstić information content (AvgIpc) is 2.97. The first-order valence-corrected chi connectivity index (χ1v) is 8.55. The molecule has 0 bridgehead atoms. The van der Waals surface area contributed by atoms with Gasteiger partial charge in [-0.3, -0.25) is 9.69 Å². The minimum atomic E-state index is -0.0125. The molecule has 3 nitrogen and oxygen atoms in total. The molecule has 1 atom stereocenters. The van der Waals surface area contributed by atoms with Gasteiger partial charge >= 0.3 is 0 Å². The van der Waals surface area contributed by atoms with E-state index >= 15 is 0 Å². The molecule has 6 heteroatoms. The fraction of sp³-hybridized carbons (Fsp3) is 0.312. The molecule has 1 amide bonds. The Kier molecular flexibility index (Phi) is 6.26. The molecule has 1 N–H and O–H groups in total. The van der Waals surface area contributed by atoms with Crippen LogP contribution in [0.5, 0.6) is 0 Å². The summed E-state index contributed by atoms with van der Waals surface area (Å²) in [5.74, 6) is -0.0125. The summed E-state index contributed by atoms with van der Waals surface area (Å²) in [6.07, 6.45) is 0. The van der Waals surface area contributed by atoms with Crippen molar-refractivity contribution in [2.75, 3.05) is 13.6 Å². The Hall–Kier alpha value is -1.07. The first-order chi connectivity index (χ1) is 10.5. The van der Waals surface area contributed by atoms with Crippen LogP contribution in [0.25, 0.3) is 0 Å². The number of halogens is 2. The molecular weight excluding hydrogens is 339 g/mol. The van der Waals surface area contributed by atoms with E-state index in [9.17, 15) is 4.79 Å². The summed E-state index contributed by atoms with van der Waals surface area (Å²) < 4.78 is 0. The summed E-state index contributed by atoms with van der Waals surface area (Å²) >= 11 is 13.8. The molecule has 1 heterocycles. The second-order valence-electron chi connectivity index (χ2n) is 5.19. The summed E-state index contributed by atoms with van der Waals surface area (Å²) in [7, 11) is 1.88. The maximum Gasteiger partial charge on any atom is 0.234 e. The lowest BCUT2D eigenvalue weighted by Crippen LogP contribution is -2.36. The maximum atomic E-state index is 12.1. The number of carbonyl (C=O) groups is 1. The minimum absolute atomic E-state index is 0.0125. The van der Waals surface area contributed by atoms with Crippen LogP contribution in [0.4, 0.5) is 0 Å². The van der Waals surface area contributed by atoms with E-state index in [-0.39, 0.29) is 11.9 Å². The molecule has 0 radical (unpaired) electrons. The van der Waals surface area contributed by atoms with E-state index in [4.69, 9.17) is 23.2 Å². The van der Waals surface area contributed by atoms with Crippen LogP contribution in [-0.4, -0.2) is 24.4 Å². The van der Waals surface area contributed by atoms with Crippen LogP contribution in [0.1, 0.15) is 23.4 Å². The molecule has 2 rings (SSSR count). The number of hydrogen-bond acceptors (Lipinski definition) is 3. The number of nitrogens with zero attached hydrogens (tertiary/aromatic N) is 1. The third-order valence-corrected chi connectivity index (χ3v) is 5.15. The van der Waals surface area contributed by atoms with E-state index in [1.54, 1.807) is 17.4 Å². The summed E-state index contributed by atoms with van der Waals surface area (Å²) in [5.41, 5.74) is 0.913. The Labute approximate surface area is 144 Å². The molecule has 0 saturated heterocycles.